The molecule has 14 nitrogen and oxygen atoms in total. The maximum atomic E-state index is 13.2. The zero-order valence-corrected chi connectivity index (χ0v) is 26.8. The van der Waals surface area contributed by atoms with E-state index in [-0.39, 0.29) is 17.4 Å². The quantitative estimate of drug-likeness (QED) is 0.120. The number of H-pyrrole nitrogens is 2. The molecule has 0 aliphatic carbocycles. The number of nitrogens with one attached hydrogen (secondary N) is 4. The number of aliphatic carboxylic acids is 1. The molecule has 0 aliphatic heterocycles. The van der Waals surface area contributed by atoms with Crippen molar-refractivity contribution in [2.45, 2.75) is 25.2 Å². The van der Waals surface area contributed by atoms with E-state index in [9.17, 15) is 27.9 Å². The molecule has 1 unspecified atom stereocenters. The molecule has 3 aromatic carbocycles. The first-order chi connectivity index (χ1) is 23.8. The summed E-state index contributed by atoms with van der Waals surface area (Å²) in [5.74, 6) is -2.48. The predicted molar refractivity (Wildman–Crippen MR) is 175 cm³/mol. The van der Waals surface area contributed by atoms with E-state index in [0.717, 1.165) is 11.6 Å². The number of benzene rings is 3. The third-order valence-corrected chi connectivity index (χ3v) is 7.52. The number of hydrogen-bond donors (Lipinski definition) is 6. The lowest BCUT2D eigenvalue weighted by Crippen LogP contribution is -2.39. The molecule has 19 heteroatoms. The van der Waals surface area contributed by atoms with E-state index in [1.54, 1.807) is 36.4 Å². The number of carboxylic acid groups (broad SMARTS) is 1. The van der Waals surface area contributed by atoms with Crippen molar-refractivity contribution in [1.29, 1.82) is 0 Å². The molecule has 0 aliphatic rings. The lowest BCUT2D eigenvalue weighted by atomic mass is 10.1. The normalized spacial score (nSPS) is 11.8. The Balaban J connectivity index is 0.000000630. The van der Waals surface area contributed by atoms with Crippen LogP contribution in [0.5, 0.6) is 5.75 Å². The van der Waals surface area contributed by atoms with Crippen molar-refractivity contribution in [2.75, 3.05) is 0 Å². The molecule has 0 saturated heterocycles. The van der Waals surface area contributed by atoms with Gasteiger partial charge in [0.2, 0.25) is 0 Å². The summed E-state index contributed by atoms with van der Waals surface area (Å²) in [5, 5.41) is 35.8. The van der Waals surface area contributed by atoms with Crippen LogP contribution in [0.4, 0.5) is 18.0 Å². The lowest BCUT2D eigenvalue weighted by Gasteiger charge is -2.18. The number of pyridine rings is 1. The van der Waals surface area contributed by atoms with Gasteiger partial charge in [-0.1, -0.05) is 59.6 Å². The number of aromatic nitrogens is 7. The van der Waals surface area contributed by atoms with Gasteiger partial charge in [0.25, 0.3) is 5.56 Å². The van der Waals surface area contributed by atoms with Gasteiger partial charge >= 0.3 is 18.2 Å². The molecule has 1 atom stereocenters. The molecule has 3 heterocycles. The number of nitrogens with zero attached hydrogens (tertiary/aromatic N) is 5. The molecule has 0 bridgehead atoms. The van der Waals surface area contributed by atoms with Gasteiger partial charge in [0.05, 0.1) is 17.2 Å². The van der Waals surface area contributed by atoms with Crippen LogP contribution in [0.15, 0.2) is 83.9 Å². The number of amides is 2. The van der Waals surface area contributed by atoms with Crippen molar-refractivity contribution < 1.29 is 33.0 Å². The highest BCUT2D eigenvalue weighted by Gasteiger charge is 2.38. The first-order valence-electron chi connectivity index (χ1n) is 14.3. The van der Waals surface area contributed by atoms with Crippen LogP contribution in [0.1, 0.15) is 23.0 Å². The van der Waals surface area contributed by atoms with Crippen molar-refractivity contribution in [3.63, 3.8) is 0 Å². The monoisotopic (exact) mass is 729 g/mol. The number of aromatic hydroxyl groups is 1. The number of alkyl halides is 3. The first kappa shape index (κ1) is 35.4. The number of rotatable bonds is 8. The van der Waals surface area contributed by atoms with Crippen LogP contribution < -0.4 is 16.2 Å². The number of imidazole rings is 1. The van der Waals surface area contributed by atoms with Gasteiger partial charge < -0.3 is 30.8 Å². The number of hydrogen-bond acceptors (Lipinski definition) is 8. The number of urea groups is 1. The molecule has 50 heavy (non-hydrogen) atoms. The van der Waals surface area contributed by atoms with E-state index in [0.29, 0.717) is 50.7 Å². The summed E-state index contributed by atoms with van der Waals surface area (Å²) < 4.78 is 33.2. The van der Waals surface area contributed by atoms with E-state index in [1.807, 2.05) is 30.3 Å². The van der Waals surface area contributed by atoms with Gasteiger partial charge in [0, 0.05) is 28.6 Å². The van der Waals surface area contributed by atoms with Gasteiger partial charge in [-0.15, -0.1) is 5.10 Å². The van der Waals surface area contributed by atoms with Crippen molar-refractivity contribution in [2.24, 2.45) is 0 Å². The Labute approximate surface area is 288 Å². The molecule has 258 valence electrons. The van der Waals surface area contributed by atoms with Crippen LogP contribution in [0.25, 0.3) is 27.8 Å². The third-order valence-electron chi connectivity index (χ3n) is 7.01. The Morgan fingerprint density at radius 3 is 2.42 bits per heavy atom. The maximum Gasteiger partial charge on any atom is 0.490 e. The molecule has 6 N–H and O–H groups in total. The number of carbonyl (C=O) groups excluding carboxylic acids is 1. The van der Waals surface area contributed by atoms with E-state index < -0.39 is 29.8 Å². The predicted octanol–water partition coefficient (Wildman–Crippen LogP) is 5.32. The van der Waals surface area contributed by atoms with Crippen LogP contribution in [0, 0.1) is 0 Å². The first-order valence-corrected chi connectivity index (χ1v) is 15.1. The van der Waals surface area contributed by atoms with Crippen molar-refractivity contribution in [3.8, 4) is 22.7 Å². The van der Waals surface area contributed by atoms with Gasteiger partial charge in [-0.05, 0) is 58.3 Å². The zero-order valence-electron chi connectivity index (χ0n) is 25.2. The Morgan fingerprint density at radius 1 is 1.00 bits per heavy atom. The second-order valence-electron chi connectivity index (χ2n) is 10.5. The highest BCUT2D eigenvalue weighted by atomic mass is 35.5. The van der Waals surface area contributed by atoms with Crippen LogP contribution in [0.2, 0.25) is 10.2 Å². The highest BCUT2D eigenvalue weighted by molar-refractivity contribution is 6.32. The van der Waals surface area contributed by atoms with Crippen LogP contribution >= 0.6 is 23.2 Å². The molecule has 0 radical (unpaired) electrons. The van der Waals surface area contributed by atoms with Gasteiger partial charge in [-0.2, -0.15) is 13.2 Å². The van der Waals surface area contributed by atoms with Gasteiger partial charge in [0.1, 0.15) is 28.7 Å². The van der Waals surface area contributed by atoms with Crippen molar-refractivity contribution >= 4 is 46.1 Å². The standard InChI is InChI=1S/C29H23Cl2N9O3.C2HF3O2/c30-19-7-9-23(40-15-33-38-39-40)18(11-19)14-32-29(43)35-22(10-16-4-2-1-3-5-16)28-36-26(27(31)37-28)17-6-8-21-20(12-17)24(41)13-25(42)34-21;3-2(4,5)1(6)7/h1-9,11-13,15,22H,10,14H2,(H,36,37)(H2,32,35,43)(H2,34,41,42);(H,6,7). The fraction of sp³-hybridized carbons (Fsp3) is 0.129. The second-order valence-corrected chi connectivity index (χ2v) is 11.3. The fourth-order valence-corrected chi connectivity index (χ4v) is 5.19. The largest absolute Gasteiger partial charge is 0.507 e. The Kier molecular flexibility index (Phi) is 10.7. The summed E-state index contributed by atoms with van der Waals surface area (Å²) in [7, 11) is 0. The molecule has 6 rings (SSSR count). The molecule has 0 saturated carbocycles. The van der Waals surface area contributed by atoms with Gasteiger partial charge in [-0.3, -0.25) is 4.79 Å². The molecule has 0 fully saturated rings. The topological polar surface area (TPSA) is 204 Å². The number of carboxylic acids is 1. The molecule has 0 spiro atoms. The second kappa shape index (κ2) is 15.1. The average Bonchev–Trinajstić information content (AvgIpc) is 3.74. The summed E-state index contributed by atoms with van der Waals surface area (Å²) in [6.07, 6.45) is -3.21. The minimum Gasteiger partial charge on any atom is -0.507 e. The SMILES string of the molecule is O=C(NCc1cc(Cl)ccc1-n1cnnn1)NC(Cc1ccccc1)c1nc(-c2ccc3[nH]c(=O)cc(O)c3c2)c(Cl)[nH]1.O=C(O)C(F)(F)F. The molecule has 3 aromatic heterocycles. The lowest BCUT2D eigenvalue weighted by molar-refractivity contribution is -0.192. The fourth-order valence-electron chi connectivity index (χ4n) is 4.75. The zero-order chi connectivity index (χ0) is 36.0. The highest BCUT2D eigenvalue weighted by Crippen LogP contribution is 2.32. The van der Waals surface area contributed by atoms with Crippen molar-refractivity contribution in [3.05, 3.63) is 117 Å². The summed E-state index contributed by atoms with van der Waals surface area (Å²) in [4.78, 5) is 44.4. The number of aromatic amines is 2. The van der Waals surface area contributed by atoms with Gasteiger partial charge in [-0.25, -0.2) is 19.3 Å². The molecule has 6 aromatic rings. The summed E-state index contributed by atoms with van der Waals surface area (Å²) in [6.45, 7) is 0.145. The minimum absolute atomic E-state index is 0.145. The minimum atomic E-state index is -5.08. The number of fused-ring (bicyclic) bond motifs is 1. The Morgan fingerprint density at radius 2 is 1.74 bits per heavy atom. The van der Waals surface area contributed by atoms with Crippen LogP contribution in [-0.4, -0.2) is 63.5 Å². The molecular weight excluding hydrogens is 706 g/mol. The number of halogens is 5. The third kappa shape index (κ3) is 8.74. The van der Waals surface area contributed by atoms with Crippen LogP contribution in [0.3, 0.4) is 0 Å². The summed E-state index contributed by atoms with van der Waals surface area (Å²) in [5.41, 5.74) is 3.45. The number of tetrazole rings is 1. The smallest absolute Gasteiger partial charge is 0.490 e. The van der Waals surface area contributed by atoms with Crippen molar-refractivity contribution in [1.82, 2.24) is 45.8 Å². The maximum absolute atomic E-state index is 13.2. The number of carbonyl (C=O) groups is 2. The summed E-state index contributed by atoms with van der Waals surface area (Å²) in [6, 6.07) is 20.0. The van der Waals surface area contributed by atoms with E-state index >= 15 is 0 Å². The van der Waals surface area contributed by atoms with E-state index in [1.165, 1.54) is 11.0 Å². The van der Waals surface area contributed by atoms with Gasteiger partial charge in [0.15, 0.2) is 0 Å². The van der Waals surface area contributed by atoms with E-state index in [4.69, 9.17) is 38.1 Å². The molecule has 2 amide bonds. The Bertz CT molecular complexity index is 2190. The average molecular weight is 730 g/mol. The molecular formula is C31H24Cl2F3N9O5. The summed E-state index contributed by atoms with van der Waals surface area (Å²) >= 11 is 12.8. The van der Waals surface area contributed by atoms with E-state index in [2.05, 4.69) is 36.1 Å². The van der Waals surface area contributed by atoms with Crippen LogP contribution in [-0.2, 0) is 17.8 Å². The Hall–Kier alpha value is -5.94.